The minimum absolute atomic E-state index is 0.0545. The fourth-order valence-corrected chi connectivity index (χ4v) is 3.26. The van der Waals surface area contributed by atoms with E-state index in [-0.39, 0.29) is 5.91 Å². The number of aromatic nitrogens is 1. The Morgan fingerprint density at radius 3 is 2.19 bits per heavy atom. The molecule has 0 spiro atoms. The Labute approximate surface area is 152 Å². The smallest absolute Gasteiger partial charge is 0.276 e. The number of amides is 1. The minimum Gasteiger partial charge on any atom is -0.441 e. The van der Waals surface area contributed by atoms with Gasteiger partial charge in [-0.05, 0) is 31.2 Å². The number of aryl methyl sites for hydroxylation is 1. The molecule has 1 fully saturated rings. The number of piperazine rings is 1. The molecule has 0 bridgehead atoms. The summed E-state index contributed by atoms with van der Waals surface area (Å²) in [6.07, 6.45) is 0. The number of oxazole rings is 1. The maximum Gasteiger partial charge on any atom is 0.276 e. The van der Waals surface area contributed by atoms with Gasteiger partial charge >= 0.3 is 0 Å². The van der Waals surface area contributed by atoms with Gasteiger partial charge in [-0.3, -0.25) is 4.79 Å². The lowest BCUT2D eigenvalue weighted by Crippen LogP contribution is -2.49. The van der Waals surface area contributed by atoms with Gasteiger partial charge in [-0.2, -0.15) is 0 Å². The van der Waals surface area contributed by atoms with Crippen LogP contribution in [-0.4, -0.2) is 42.0 Å². The predicted octanol–water partition coefficient (Wildman–Crippen LogP) is 3.61. The monoisotopic (exact) mass is 347 g/mol. The summed E-state index contributed by atoms with van der Waals surface area (Å²) >= 11 is 0. The highest BCUT2D eigenvalue weighted by Gasteiger charge is 2.26. The summed E-state index contributed by atoms with van der Waals surface area (Å²) in [4.78, 5) is 21.5. The molecular formula is C21H21N3O2. The van der Waals surface area contributed by atoms with E-state index in [4.69, 9.17) is 4.42 Å². The van der Waals surface area contributed by atoms with Crippen LogP contribution >= 0.6 is 0 Å². The Morgan fingerprint density at radius 1 is 0.923 bits per heavy atom. The number of anilines is 1. The lowest BCUT2D eigenvalue weighted by atomic mass is 10.2. The van der Waals surface area contributed by atoms with Gasteiger partial charge in [0.25, 0.3) is 5.91 Å². The van der Waals surface area contributed by atoms with E-state index in [9.17, 15) is 4.79 Å². The number of benzene rings is 2. The molecule has 0 N–H and O–H groups in total. The second-order valence-electron chi connectivity index (χ2n) is 6.40. The van der Waals surface area contributed by atoms with Crippen LogP contribution in [-0.2, 0) is 0 Å². The van der Waals surface area contributed by atoms with Gasteiger partial charge in [-0.15, -0.1) is 0 Å². The van der Waals surface area contributed by atoms with Crippen LogP contribution in [0.4, 0.5) is 5.69 Å². The Kier molecular flexibility index (Phi) is 4.44. The summed E-state index contributed by atoms with van der Waals surface area (Å²) in [5.41, 5.74) is 2.49. The van der Waals surface area contributed by atoms with Gasteiger partial charge < -0.3 is 14.2 Å². The number of rotatable bonds is 3. The second-order valence-corrected chi connectivity index (χ2v) is 6.40. The van der Waals surface area contributed by atoms with E-state index in [0.29, 0.717) is 30.4 Å². The summed E-state index contributed by atoms with van der Waals surface area (Å²) in [5.74, 6) is 1.01. The molecule has 0 unspecified atom stereocenters. The topological polar surface area (TPSA) is 49.6 Å². The molecule has 1 saturated heterocycles. The first-order chi connectivity index (χ1) is 12.7. The molecule has 26 heavy (non-hydrogen) atoms. The van der Waals surface area contributed by atoms with Gasteiger partial charge in [0.05, 0.1) is 0 Å². The maximum absolute atomic E-state index is 12.9. The Morgan fingerprint density at radius 2 is 1.54 bits per heavy atom. The second kappa shape index (κ2) is 7.04. The van der Waals surface area contributed by atoms with E-state index in [1.807, 2.05) is 53.4 Å². The average Bonchev–Trinajstić information content (AvgIpc) is 3.10. The fourth-order valence-electron chi connectivity index (χ4n) is 3.26. The van der Waals surface area contributed by atoms with Crippen LogP contribution in [0.5, 0.6) is 0 Å². The Bertz CT molecular complexity index is 882. The van der Waals surface area contributed by atoms with Gasteiger partial charge in [-0.25, -0.2) is 4.98 Å². The minimum atomic E-state index is -0.0545. The molecule has 2 heterocycles. The van der Waals surface area contributed by atoms with Gasteiger partial charge in [0.15, 0.2) is 5.69 Å². The normalized spacial score (nSPS) is 14.5. The molecule has 5 heteroatoms. The Hall–Kier alpha value is -3.08. The predicted molar refractivity (Wildman–Crippen MR) is 101 cm³/mol. The van der Waals surface area contributed by atoms with Gasteiger partial charge in [0.2, 0.25) is 5.89 Å². The molecule has 1 aliphatic heterocycles. The molecular weight excluding hydrogens is 326 g/mol. The van der Waals surface area contributed by atoms with Crippen molar-refractivity contribution in [1.29, 1.82) is 0 Å². The van der Waals surface area contributed by atoms with Crippen LogP contribution in [0.2, 0.25) is 0 Å². The molecule has 5 nitrogen and oxygen atoms in total. The van der Waals surface area contributed by atoms with Gasteiger partial charge in [-0.1, -0.05) is 36.4 Å². The standard InChI is InChI=1S/C21H21N3O2/c1-16-19(22-20(26-16)17-8-4-2-5-9-17)21(25)24-14-12-23(13-15-24)18-10-6-3-7-11-18/h2-11H,12-15H2,1H3. The van der Waals surface area contributed by atoms with Crippen molar-refractivity contribution < 1.29 is 9.21 Å². The van der Waals surface area contributed by atoms with Crippen molar-refractivity contribution in [2.24, 2.45) is 0 Å². The van der Waals surface area contributed by atoms with E-state index < -0.39 is 0 Å². The summed E-state index contributed by atoms with van der Waals surface area (Å²) in [7, 11) is 0. The summed E-state index contributed by atoms with van der Waals surface area (Å²) in [5, 5.41) is 0. The zero-order valence-electron chi connectivity index (χ0n) is 14.8. The molecule has 0 radical (unpaired) electrons. The first-order valence-corrected chi connectivity index (χ1v) is 8.84. The van der Waals surface area contributed by atoms with E-state index in [2.05, 4.69) is 22.0 Å². The SMILES string of the molecule is Cc1oc(-c2ccccc2)nc1C(=O)N1CCN(c2ccccc2)CC1. The third-order valence-electron chi connectivity index (χ3n) is 4.71. The third-order valence-corrected chi connectivity index (χ3v) is 4.71. The van der Waals surface area contributed by atoms with Crippen molar-refractivity contribution >= 4 is 11.6 Å². The maximum atomic E-state index is 12.9. The molecule has 2 aromatic carbocycles. The third kappa shape index (κ3) is 3.20. The molecule has 0 saturated carbocycles. The number of hydrogen-bond donors (Lipinski definition) is 0. The van der Waals surface area contributed by atoms with Crippen LogP contribution in [0.15, 0.2) is 65.1 Å². The summed E-state index contributed by atoms with van der Waals surface area (Å²) in [6, 6.07) is 20.0. The number of nitrogens with zero attached hydrogens (tertiary/aromatic N) is 3. The van der Waals surface area contributed by atoms with Crippen molar-refractivity contribution in [2.45, 2.75) is 6.92 Å². The Balaban J connectivity index is 1.47. The van der Waals surface area contributed by atoms with Crippen molar-refractivity contribution in [3.8, 4) is 11.5 Å². The van der Waals surface area contributed by atoms with Crippen LogP contribution in [0, 0.1) is 6.92 Å². The zero-order valence-corrected chi connectivity index (χ0v) is 14.8. The molecule has 0 aliphatic carbocycles. The molecule has 132 valence electrons. The van der Waals surface area contributed by atoms with Crippen LogP contribution in [0.25, 0.3) is 11.5 Å². The number of carbonyl (C=O) groups excluding carboxylic acids is 1. The van der Waals surface area contributed by atoms with E-state index in [0.717, 1.165) is 18.7 Å². The highest BCUT2D eigenvalue weighted by atomic mass is 16.4. The fraction of sp³-hybridized carbons (Fsp3) is 0.238. The number of para-hydroxylation sites is 1. The highest BCUT2D eigenvalue weighted by Crippen LogP contribution is 2.23. The molecule has 1 aromatic heterocycles. The van der Waals surface area contributed by atoms with Crippen LogP contribution in [0.3, 0.4) is 0 Å². The molecule has 3 aromatic rings. The number of hydrogen-bond acceptors (Lipinski definition) is 4. The van der Waals surface area contributed by atoms with Crippen molar-refractivity contribution in [1.82, 2.24) is 9.88 Å². The number of carbonyl (C=O) groups is 1. The highest BCUT2D eigenvalue weighted by molar-refractivity contribution is 5.94. The summed E-state index contributed by atoms with van der Waals surface area (Å²) < 4.78 is 5.73. The molecule has 1 aliphatic rings. The molecule has 4 rings (SSSR count). The molecule has 0 atom stereocenters. The van der Waals surface area contributed by atoms with E-state index >= 15 is 0 Å². The van der Waals surface area contributed by atoms with E-state index in [1.165, 1.54) is 5.69 Å². The summed E-state index contributed by atoms with van der Waals surface area (Å²) in [6.45, 7) is 4.80. The first-order valence-electron chi connectivity index (χ1n) is 8.84. The largest absolute Gasteiger partial charge is 0.441 e. The van der Waals surface area contributed by atoms with E-state index in [1.54, 1.807) is 6.92 Å². The van der Waals surface area contributed by atoms with Crippen molar-refractivity contribution in [3.05, 3.63) is 72.1 Å². The lowest BCUT2D eigenvalue weighted by molar-refractivity contribution is 0.0740. The quantitative estimate of drug-likeness (QED) is 0.726. The lowest BCUT2D eigenvalue weighted by Gasteiger charge is -2.35. The zero-order chi connectivity index (χ0) is 17.9. The van der Waals surface area contributed by atoms with Gasteiger partial charge in [0.1, 0.15) is 5.76 Å². The first kappa shape index (κ1) is 16.4. The van der Waals surface area contributed by atoms with Crippen molar-refractivity contribution in [2.75, 3.05) is 31.1 Å². The van der Waals surface area contributed by atoms with Crippen LogP contribution in [0.1, 0.15) is 16.2 Å². The van der Waals surface area contributed by atoms with Crippen LogP contribution < -0.4 is 4.90 Å². The van der Waals surface area contributed by atoms with Crippen molar-refractivity contribution in [3.63, 3.8) is 0 Å². The average molecular weight is 347 g/mol. The molecule has 1 amide bonds. The van der Waals surface area contributed by atoms with Gasteiger partial charge in [0, 0.05) is 37.4 Å².